The summed E-state index contributed by atoms with van der Waals surface area (Å²) in [4.78, 5) is 16.1. The van der Waals surface area contributed by atoms with E-state index in [1.807, 2.05) is 44.3 Å². The minimum absolute atomic E-state index is 0.00849. The number of carbonyl (C=O) groups excluding carboxylic acids is 1. The van der Waals surface area contributed by atoms with Crippen LogP contribution < -0.4 is 10.6 Å². The van der Waals surface area contributed by atoms with Gasteiger partial charge in [-0.15, -0.1) is 0 Å². The van der Waals surface area contributed by atoms with E-state index < -0.39 is 0 Å². The number of rotatable bonds is 5. The smallest absolute Gasteiger partial charge is 0.315 e. The van der Waals surface area contributed by atoms with Gasteiger partial charge in [-0.25, -0.2) is 4.79 Å². The fourth-order valence-corrected chi connectivity index (χ4v) is 1.90. The molecule has 2 aromatic rings. The lowest BCUT2D eigenvalue weighted by atomic mass is 10.2. The van der Waals surface area contributed by atoms with E-state index in [1.165, 1.54) is 0 Å². The highest BCUT2D eigenvalue weighted by Crippen LogP contribution is 2.07. The first-order valence-electron chi connectivity index (χ1n) is 6.60. The Balaban J connectivity index is 1.80. The second-order valence-corrected chi connectivity index (χ2v) is 4.72. The summed E-state index contributed by atoms with van der Waals surface area (Å²) in [6.07, 6.45) is 5.30. The van der Waals surface area contributed by atoms with Gasteiger partial charge in [0.15, 0.2) is 0 Å². The summed E-state index contributed by atoms with van der Waals surface area (Å²) in [5, 5.41) is 9.85. The second-order valence-electron chi connectivity index (χ2n) is 4.72. The Hall–Kier alpha value is -2.37. The predicted molar refractivity (Wildman–Crippen MR) is 76.0 cm³/mol. The van der Waals surface area contributed by atoms with Crippen molar-refractivity contribution < 1.29 is 4.79 Å². The summed E-state index contributed by atoms with van der Waals surface area (Å²) in [5.74, 6) is 0. The molecule has 2 heterocycles. The molecular formula is C14H19N5O. The maximum absolute atomic E-state index is 11.9. The van der Waals surface area contributed by atoms with Gasteiger partial charge in [0.05, 0.1) is 18.3 Å². The Morgan fingerprint density at radius 3 is 2.75 bits per heavy atom. The maximum atomic E-state index is 11.9. The maximum Gasteiger partial charge on any atom is 0.315 e. The van der Waals surface area contributed by atoms with Crippen molar-refractivity contribution in [1.29, 1.82) is 0 Å². The third-order valence-electron chi connectivity index (χ3n) is 2.88. The standard InChI is InChI=1S/C14H19N5O/c1-11(10-19-9-5-8-16-19)17-14(20)18-12(2)13-6-3-4-7-15-13/h3-9,11-12H,10H2,1-2H3,(H2,17,18,20)/t11-,12+/m0/s1. The lowest BCUT2D eigenvalue weighted by Gasteiger charge is -2.18. The molecule has 106 valence electrons. The summed E-state index contributed by atoms with van der Waals surface area (Å²) in [5.41, 5.74) is 0.836. The van der Waals surface area contributed by atoms with Crippen LogP contribution in [0.15, 0.2) is 42.9 Å². The molecule has 0 unspecified atom stereocenters. The van der Waals surface area contributed by atoms with Gasteiger partial charge in [0.25, 0.3) is 0 Å². The fourth-order valence-electron chi connectivity index (χ4n) is 1.90. The molecule has 2 atom stereocenters. The Labute approximate surface area is 118 Å². The normalized spacial score (nSPS) is 13.5. The molecule has 0 aromatic carbocycles. The molecule has 0 fully saturated rings. The summed E-state index contributed by atoms with van der Waals surface area (Å²) in [6, 6.07) is 7.15. The number of hydrogen-bond acceptors (Lipinski definition) is 3. The third-order valence-corrected chi connectivity index (χ3v) is 2.88. The topological polar surface area (TPSA) is 71.8 Å². The zero-order chi connectivity index (χ0) is 14.4. The van der Waals surface area contributed by atoms with Crippen molar-refractivity contribution in [2.75, 3.05) is 0 Å². The molecule has 2 aromatic heterocycles. The lowest BCUT2D eigenvalue weighted by Crippen LogP contribution is -2.43. The summed E-state index contributed by atoms with van der Waals surface area (Å²) >= 11 is 0. The quantitative estimate of drug-likeness (QED) is 0.871. The molecule has 0 aliphatic carbocycles. The van der Waals surface area contributed by atoms with Gasteiger partial charge < -0.3 is 10.6 Å². The van der Waals surface area contributed by atoms with Crippen molar-refractivity contribution in [3.8, 4) is 0 Å². The van der Waals surface area contributed by atoms with Crippen molar-refractivity contribution in [2.45, 2.75) is 32.5 Å². The molecule has 0 saturated carbocycles. The van der Waals surface area contributed by atoms with Crippen LogP contribution in [0.1, 0.15) is 25.6 Å². The van der Waals surface area contributed by atoms with Crippen molar-refractivity contribution in [3.63, 3.8) is 0 Å². The SMILES string of the molecule is C[C@@H](Cn1cccn1)NC(=O)N[C@H](C)c1ccccn1. The van der Waals surface area contributed by atoms with Gasteiger partial charge in [-0.2, -0.15) is 5.10 Å². The predicted octanol–water partition coefficient (Wildman–Crippen LogP) is 1.73. The molecule has 0 radical (unpaired) electrons. The zero-order valence-corrected chi connectivity index (χ0v) is 11.7. The van der Waals surface area contributed by atoms with Gasteiger partial charge >= 0.3 is 6.03 Å². The third kappa shape index (κ3) is 4.08. The van der Waals surface area contributed by atoms with Crippen LogP contribution in [0.4, 0.5) is 4.79 Å². The number of carbonyl (C=O) groups is 1. The Bertz CT molecular complexity index is 526. The van der Waals surface area contributed by atoms with Gasteiger partial charge in [-0.1, -0.05) is 6.07 Å². The first kappa shape index (κ1) is 14.0. The molecule has 2 amide bonds. The number of urea groups is 1. The van der Waals surface area contributed by atoms with Crippen LogP contribution in [0.2, 0.25) is 0 Å². The number of amides is 2. The number of nitrogens with zero attached hydrogens (tertiary/aromatic N) is 3. The van der Waals surface area contributed by atoms with Gasteiger partial charge in [0, 0.05) is 24.6 Å². The van der Waals surface area contributed by atoms with E-state index in [2.05, 4.69) is 20.7 Å². The first-order valence-corrected chi connectivity index (χ1v) is 6.60. The van der Waals surface area contributed by atoms with Gasteiger partial charge in [0.1, 0.15) is 0 Å². The van der Waals surface area contributed by atoms with Crippen molar-refractivity contribution in [3.05, 3.63) is 48.5 Å². The van der Waals surface area contributed by atoms with E-state index in [0.29, 0.717) is 6.54 Å². The minimum Gasteiger partial charge on any atom is -0.334 e. The van der Waals surface area contributed by atoms with E-state index in [-0.39, 0.29) is 18.1 Å². The van der Waals surface area contributed by atoms with Crippen LogP contribution >= 0.6 is 0 Å². The van der Waals surface area contributed by atoms with E-state index in [4.69, 9.17) is 0 Å². The highest BCUT2D eigenvalue weighted by atomic mass is 16.2. The van der Waals surface area contributed by atoms with Crippen LogP contribution in [0.25, 0.3) is 0 Å². The van der Waals surface area contributed by atoms with Crippen LogP contribution in [0.3, 0.4) is 0 Å². The van der Waals surface area contributed by atoms with E-state index in [0.717, 1.165) is 5.69 Å². The average Bonchev–Trinajstić information content (AvgIpc) is 2.92. The molecule has 0 aliphatic rings. The highest BCUT2D eigenvalue weighted by Gasteiger charge is 2.12. The zero-order valence-electron chi connectivity index (χ0n) is 11.7. The molecule has 0 spiro atoms. The largest absolute Gasteiger partial charge is 0.334 e. The van der Waals surface area contributed by atoms with Crippen molar-refractivity contribution >= 4 is 6.03 Å². The van der Waals surface area contributed by atoms with Crippen LogP contribution in [-0.4, -0.2) is 26.8 Å². The molecule has 6 nitrogen and oxygen atoms in total. The minimum atomic E-state index is -0.206. The number of nitrogens with one attached hydrogen (secondary N) is 2. The molecule has 2 rings (SSSR count). The average molecular weight is 273 g/mol. The monoisotopic (exact) mass is 273 g/mol. The molecule has 6 heteroatoms. The highest BCUT2D eigenvalue weighted by molar-refractivity contribution is 5.74. The van der Waals surface area contributed by atoms with Crippen LogP contribution in [-0.2, 0) is 6.54 Å². The number of hydrogen-bond donors (Lipinski definition) is 2. The Kier molecular flexibility index (Phi) is 4.70. The molecule has 0 aliphatic heterocycles. The van der Waals surface area contributed by atoms with Gasteiger partial charge in [-0.05, 0) is 32.0 Å². The fraction of sp³-hybridized carbons (Fsp3) is 0.357. The Morgan fingerprint density at radius 2 is 2.10 bits per heavy atom. The summed E-state index contributed by atoms with van der Waals surface area (Å²) in [6.45, 7) is 4.48. The second kappa shape index (κ2) is 6.70. The lowest BCUT2D eigenvalue weighted by molar-refractivity contribution is 0.233. The molecule has 0 saturated heterocycles. The van der Waals surface area contributed by atoms with Gasteiger partial charge in [0.2, 0.25) is 0 Å². The molecule has 2 N–H and O–H groups in total. The van der Waals surface area contributed by atoms with Crippen LogP contribution in [0.5, 0.6) is 0 Å². The summed E-state index contributed by atoms with van der Waals surface area (Å²) < 4.78 is 1.78. The van der Waals surface area contributed by atoms with E-state index in [1.54, 1.807) is 17.1 Å². The van der Waals surface area contributed by atoms with E-state index >= 15 is 0 Å². The van der Waals surface area contributed by atoms with E-state index in [9.17, 15) is 4.79 Å². The van der Waals surface area contributed by atoms with Crippen LogP contribution in [0, 0.1) is 0 Å². The number of pyridine rings is 1. The van der Waals surface area contributed by atoms with Crippen molar-refractivity contribution in [2.24, 2.45) is 0 Å². The van der Waals surface area contributed by atoms with Crippen molar-refractivity contribution in [1.82, 2.24) is 25.4 Å². The molecule has 0 bridgehead atoms. The molecular weight excluding hydrogens is 254 g/mol. The summed E-state index contributed by atoms with van der Waals surface area (Å²) in [7, 11) is 0. The first-order chi connectivity index (χ1) is 9.65. The number of aromatic nitrogens is 3. The molecule has 20 heavy (non-hydrogen) atoms. The van der Waals surface area contributed by atoms with Gasteiger partial charge in [-0.3, -0.25) is 9.67 Å². The Morgan fingerprint density at radius 1 is 1.25 bits per heavy atom.